The monoisotopic (exact) mass is 243 g/mol. The lowest BCUT2D eigenvalue weighted by Gasteiger charge is -2.34. The predicted molar refractivity (Wildman–Crippen MR) is 72.0 cm³/mol. The number of rotatable bonds is 7. The van der Waals surface area contributed by atoms with Crippen LogP contribution in [0.1, 0.15) is 32.6 Å². The topological polar surface area (TPSA) is 52.7 Å². The minimum atomic E-state index is 0.0849. The number of aliphatic hydroxyl groups is 1. The molecule has 0 amide bonds. The van der Waals surface area contributed by atoms with E-state index < -0.39 is 0 Å². The Morgan fingerprint density at radius 3 is 2.71 bits per heavy atom. The highest BCUT2D eigenvalue weighted by atomic mass is 16.3. The van der Waals surface area contributed by atoms with E-state index in [-0.39, 0.29) is 18.7 Å². The summed E-state index contributed by atoms with van der Waals surface area (Å²) < 4.78 is 0. The second-order valence-electron chi connectivity index (χ2n) is 5.42. The Balaban J connectivity index is 2.45. The van der Waals surface area contributed by atoms with E-state index in [0.29, 0.717) is 6.04 Å². The van der Waals surface area contributed by atoms with Gasteiger partial charge in [0.1, 0.15) is 0 Å². The lowest BCUT2D eigenvalue weighted by atomic mass is 10.0. The fourth-order valence-corrected chi connectivity index (χ4v) is 2.81. The van der Waals surface area contributed by atoms with Crippen LogP contribution in [0.25, 0.3) is 0 Å². The van der Waals surface area contributed by atoms with Crippen molar-refractivity contribution in [3.63, 3.8) is 0 Å². The van der Waals surface area contributed by atoms with Gasteiger partial charge in [-0.25, -0.2) is 0 Å². The van der Waals surface area contributed by atoms with Crippen molar-refractivity contribution in [2.75, 3.05) is 33.8 Å². The molecule has 0 saturated carbocycles. The van der Waals surface area contributed by atoms with E-state index in [1.165, 1.54) is 19.4 Å². The van der Waals surface area contributed by atoms with Crippen LogP contribution in [0.15, 0.2) is 0 Å². The number of nitrogens with two attached hydrogens (primary N) is 1. The first-order valence-corrected chi connectivity index (χ1v) is 6.87. The first kappa shape index (κ1) is 14.9. The molecule has 17 heavy (non-hydrogen) atoms. The zero-order chi connectivity index (χ0) is 12.8. The Labute approximate surface area is 106 Å². The van der Waals surface area contributed by atoms with Crippen molar-refractivity contribution in [3.05, 3.63) is 0 Å². The van der Waals surface area contributed by atoms with Gasteiger partial charge in [-0.3, -0.25) is 4.90 Å². The van der Waals surface area contributed by atoms with Gasteiger partial charge in [-0.05, 0) is 39.9 Å². The zero-order valence-electron chi connectivity index (χ0n) is 11.6. The summed E-state index contributed by atoms with van der Waals surface area (Å²) in [5, 5.41) is 9.50. The Morgan fingerprint density at radius 1 is 1.53 bits per heavy atom. The number of likely N-dealkylation sites (tertiary alicyclic amines) is 1. The van der Waals surface area contributed by atoms with Gasteiger partial charge in [0.2, 0.25) is 0 Å². The number of hydrogen-bond donors (Lipinski definition) is 2. The van der Waals surface area contributed by atoms with E-state index in [0.717, 1.165) is 19.4 Å². The van der Waals surface area contributed by atoms with Crippen molar-refractivity contribution >= 4 is 0 Å². The standard InChI is InChI=1S/C13H29N3O/c1-4-6-12(14)13(10-17)16(3)9-11-7-5-8-15(11)2/h11-13,17H,4-10,14H2,1-3H3. The van der Waals surface area contributed by atoms with E-state index in [9.17, 15) is 5.11 Å². The van der Waals surface area contributed by atoms with Crippen LogP contribution in [-0.4, -0.2) is 66.8 Å². The van der Waals surface area contributed by atoms with Gasteiger partial charge < -0.3 is 15.7 Å². The molecule has 0 spiro atoms. The van der Waals surface area contributed by atoms with E-state index >= 15 is 0 Å². The maximum Gasteiger partial charge on any atom is 0.0601 e. The van der Waals surface area contributed by atoms with Crippen LogP contribution in [0, 0.1) is 0 Å². The number of hydrogen-bond acceptors (Lipinski definition) is 4. The summed E-state index contributed by atoms with van der Waals surface area (Å²) in [4.78, 5) is 4.66. The van der Waals surface area contributed by atoms with E-state index in [2.05, 4.69) is 30.8 Å². The fourth-order valence-electron chi connectivity index (χ4n) is 2.81. The van der Waals surface area contributed by atoms with Gasteiger partial charge in [-0.15, -0.1) is 0 Å². The van der Waals surface area contributed by atoms with Gasteiger partial charge in [-0.1, -0.05) is 13.3 Å². The minimum absolute atomic E-state index is 0.0849. The first-order valence-electron chi connectivity index (χ1n) is 6.87. The zero-order valence-corrected chi connectivity index (χ0v) is 11.6. The Morgan fingerprint density at radius 2 is 2.24 bits per heavy atom. The summed E-state index contributed by atoms with van der Waals surface area (Å²) in [5.41, 5.74) is 6.13. The average molecular weight is 243 g/mol. The molecule has 1 fully saturated rings. The molecule has 0 radical (unpaired) electrons. The Bertz CT molecular complexity index is 213. The minimum Gasteiger partial charge on any atom is -0.395 e. The highest BCUT2D eigenvalue weighted by Crippen LogP contribution is 2.17. The number of likely N-dealkylation sites (N-methyl/N-ethyl adjacent to an activating group) is 2. The van der Waals surface area contributed by atoms with E-state index in [1.807, 2.05) is 0 Å². The summed E-state index contributed by atoms with van der Waals surface area (Å²) in [7, 11) is 4.27. The molecule has 1 aliphatic heterocycles. The van der Waals surface area contributed by atoms with Crippen LogP contribution < -0.4 is 5.73 Å². The van der Waals surface area contributed by atoms with Crippen LogP contribution >= 0.6 is 0 Å². The van der Waals surface area contributed by atoms with Crippen molar-refractivity contribution in [3.8, 4) is 0 Å². The molecule has 3 unspecified atom stereocenters. The van der Waals surface area contributed by atoms with Gasteiger partial charge in [-0.2, -0.15) is 0 Å². The van der Waals surface area contributed by atoms with Crippen LogP contribution in [0.3, 0.4) is 0 Å². The summed E-state index contributed by atoms with van der Waals surface area (Å²) in [5.74, 6) is 0. The second kappa shape index (κ2) is 7.31. The molecule has 1 rings (SSSR count). The van der Waals surface area contributed by atoms with Gasteiger partial charge in [0.25, 0.3) is 0 Å². The van der Waals surface area contributed by atoms with Gasteiger partial charge in [0, 0.05) is 24.7 Å². The van der Waals surface area contributed by atoms with Gasteiger partial charge in [0.05, 0.1) is 6.61 Å². The molecule has 3 atom stereocenters. The number of aliphatic hydroxyl groups excluding tert-OH is 1. The quantitative estimate of drug-likeness (QED) is 0.684. The molecule has 0 aromatic heterocycles. The molecule has 0 bridgehead atoms. The molecule has 4 nitrogen and oxygen atoms in total. The smallest absolute Gasteiger partial charge is 0.0601 e. The van der Waals surface area contributed by atoms with E-state index in [1.54, 1.807) is 0 Å². The van der Waals surface area contributed by atoms with Crippen LogP contribution in [0.5, 0.6) is 0 Å². The van der Waals surface area contributed by atoms with Crippen molar-refractivity contribution in [1.82, 2.24) is 9.80 Å². The molecule has 1 aliphatic rings. The van der Waals surface area contributed by atoms with Crippen molar-refractivity contribution in [2.45, 2.75) is 50.7 Å². The molecule has 0 aromatic carbocycles. The van der Waals surface area contributed by atoms with Crippen LogP contribution in [0.4, 0.5) is 0 Å². The predicted octanol–water partition coefficient (Wildman–Crippen LogP) is 0.501. The molecule has 0 aromatic rings. The molecular formula is C13H29N3O. The third-order valence-electron chi connectivity index (χ3n) is 4.04. The first-order chi connectivity index (χ1) is 8.10. The second-order valence-corrected chi connectivity index (χ2v) is 5.42. The van der Waals surface area contributed by atoms with Gasteiger partial charge >= 0.3 is 0 Å². The van der Waals surface area contributed by atoms with Crippen molar-refractivity contribution < 1.29 is 5.11 Å². The molecule has 0 aliphatic carbocycles. The lowest BCUT2D eigenvalue weighted by molar-refractivity contribution is 0.102. The molecule has 4 heteroatoms. The summed E-state index contributed by atoms with van der Waals surface area (Å²) in [6.45, 7) is 4.51. The van der Waals surface area contributed by atoms with Crippen LogP contribution in [0.2, 0.25) is 0 Å². The normalized spacial score (nSPS) is 25.4. The maximum absolute atomic E-state index is 9.50. The molecule has 1 heterocycles. The van der Waals surface area contributed by atoms with Crippen LogP contribution in [-0.2, 0) is 0 Å². The Hall–Kier alpha value is -0.160. The number of nitrogens with zero attached hydrogens (tertiary/aromatic N) is 2. The SMILES string of the molecule is CCCC(N)C(CO)N(C)CC1CCCN1C. The molecule has 3 N–H and O–H groups in total. The lowest BCUT2D eigenvalue weighted by Crippen LogP contribution is -2.51. The fraction of sp³-hybridized carbons (Fsp3) is 1.00. The molecular weight excluding hydrogens is 214 g/mol. The van der Waals surface area contributed by atoms with Gasteiger partial charge in [0.15, 0.2) is 0 Å². The van der Waals surface area contributed by atoms with E-state index in [4.69, 9.17) is 5.73 Å². The highest BCUT2D eigenvalue weighted by Gasteiger charge is 2.27. The maximum atomic E-state index is 9.50. The Kier molecular flexibility index (Phi) is 6.41. The third-order valence-corrected chi connectivity index (χ3v) is 4.04. The molecule has 102 valence electrons. The third kappa shape index (κ3) is 4.21. The summed E-state index contributed by atoms with van der Waals surface area (Å²) in [6.07, 6.45) is 4.62. The summed E-state index contributed by atoms with van der Waals surface area (Å²) in [6, 6.07) is 0.813. The highest BCUT2D eigenvalue weighted by molar-refractivity contribution is 4.85. The molecule has 1 saturated heterocycles. The summed E-state index contributed by atoms with van der Waals surface area (Å²) >= 11 is 0. The largest absolute Gasteiger partial charge is 0.395 e. The van der Waals surface area contributed by atoms with Crippen molar-refractivity contribution in [2.24, 2.45) is 5.73 Å². The van der Waals surface area contributed by atoms with Crippen molar-refractivity contribution in [1.29, 1.82) is 0 Å². The average Bonchev–Trinajstić information content (AvgIpc) is 2.66.